The number of benzene rings is 2. The summed E-state index contributed by atoms with van der Waals surface area (Å²) in [5, 5.41) is 3.61. The van der Waals surface area contributed by atoms with Gasteiger partial charge >= 0.3 is 0 Å². The summed E-state index contributed by atoms with van der Waals surface area (Å²) in [6.45, 7) is 7.29. The van der Waals surface area contributed by atoms with Crippen molar-refractivity contribution in [2.75, 3.05) is 18.4 Å². The van der Waals surface area contributed by atoms with E-state index in [4.69, 9.17) is 16.3 Å². The number of nitrogens with zero attached hydrogens (tertiary/aromatic N) is 1. The molecule has 0 atom stereocenters. The Morgan fingerprint density at radius 1 is 1.17 bits per heavy atom. The van der Waals surface area contributed by atoms with Gasteiger partial charge in [-0.1, -0.05) is 37.6 Å². The summed E-state index contributed by atoms with van der Waals surface area (Å²) < 4.78 is 5.99. The van der Waals surface area contributed by atoms with Crippen LogP contribution in [0.1, 0.15) is 38.7 Å². The van der Waals surface area contributed by atoms with Crippen molar-refractivity contribution in [3.63, 3.8) is 0 Å². The number of halogens is 1. The van der Waals surface area contributed by atoms with E-state index in [1.165, 1.54) is 0 Å². The van der Waals surface area contributed by atoms with Gasteiger partial charge in [0.05, 0.1) is 5.69 Å². The smallest absolute Gasteiger partial charge is 0.227 e. The van der Waals surface area contributed by atoms with E-state index in [2.05, 4.69) is 5.32 Å². The Hall–Kier alpha value is -2.53. The van der Waals surface area contributed by atoms with Crippen molar-refractivity contribution in [3.8, 4) is 11.5 Å². The summed E-state index contributed by atoms with van der Waals surface area (Å²) in [6.07, 6.45) is 1.91. The normalized spacial score (nSPS) is 14.6. The SMILES string of the molecule is Cc1cc(Cl)cc(Oc2ccccc2NC(=O)C2CCN(C(=O)CC(C)C)CC2)c1. The topological polar surface area (TPSA) is 58.6 Å². The third-order valence-electron chi connectivity index (χ3n) is 5.19. The van der Waals surface area contributed by atoms with Gasteiger partial charge in [0.25, 0.3) is 0 Å². The highest BCUT2D eigenvalue weighted by atomic mass is 35.5. The number of anilines is 1. The number of hydrogen-bond donors (Lipinski definition) is 1. The van der Waals surface area contributed by atoms with E-state index in [0.29, 0.717) is 60.5 Å². The fourth-order valence-corrected chi connectivity index (χ4v) is 3.93. The maximum atomic E-state index is 12.8. The molecule has 2 aromatic carbocycles. The van der Waals surface area contributed by atoms with Crippen LogP contribution in [0.3, 0.4) is 0 Å². The lowest BCUT2D eigenvalue weighted by Gasteiger charge is -2.32. The van der Waals surface area contributed by atoms with Gasteiger partial charge < -0.3 is 15.0 Å². The van der Waals surface area contributed by atoms with Gasteiger partial charge in [-0.2, -0.15) is 0 Å². The third-order valence-corrected chi connectivity index (χ3v) is 5.41. The summed E-state index contributed by atoms with van der Waals surface area (Å²) in [5.74, 6) is 1.56. The first-order chi connectivity index (χ1) is 14.3. The molecule has 3 rings (SSSR count). The summed E-state index contributed by atoms with van der Waals surface area (Å²) >= 11 is 6.13. The molecule has 2 aromatic rings. The molecule has 1 N–H and O–H groups in total. The van der Waals surface area contributed by atoms with Crippen molar-refractivity contribution in [1.82, 2.24) is 4.90 Å². The van der Waals surface area contributed by atoms with E-state index >= 15 is 0 Å². The highest BCUT2D eigenvalue weighted by molar-refractivity contribution is 6.30. The summed E-state index contributed by atoms with van der Waals surface area (Å²) in [4.78, 5) is 27.0. The molecule has 0 spiro atoms. The Morgan fingerprint density at radius 2 is 1.87 bits per heavy atom. The Labute approximate surface area is 183 Å². The van der Waals surface area contributed by atoms with Crippen LogP contribution in [0.5, 0.6) is 11.5 Å². The highest BCUT2D eigenvalue weighted by Gasteiger charge is 2.28. The van der Waals surface area contributed by atoms with Crippen LogP contribution in [0.15, 0.2) is 42.5 Å². The van der Waals surface area contributed by atoms with Gasteiger partial charge in [0.2, 0.25) is 11.8 Å². The Bertz CT molecular complexity index is 885. The zero-order valence-electron chi connectivity index (χ0n) is 17.8. The second-order valence-corrected chi connectivity index (χ2v) is 8.74. The van der Waals surface area contributed by atoms with E-state index in [-0.39, 0.29) is 17.7 Å². The zero-order valence-corrected chi connectivity index (χ0v) is 18.5. The number of carbonyl (C=O) groups excluding carboxylic acids is 2. The van der Waals surface area contributed by atoms with Crippen LogP contribution in [-0.4, -0.2) is 29.8 Å². The van der Waals surface area contributed by atoms with E-state index in [0.717, 1.165) is 5.56 Å². The molecule has 6 heteroatoms. The molecule has 160 valence electrons. The fraction of sp³-hybridized carbons (Fsp3) is 0.417. The van der Waals surface area contributed by atoms with E-state index in [9.17, 15) is 9.59 Å². The van der Waals surface area contributed by atoms with Gasteiger partial charge in [0.15, 0.2) is 5.75 Å². The van der Waals surface area contributed by atoms with Gasteiger partial charge in [0.1, 0.15) is 5.75 Å². The van der Waals surface area contributed by atoms with Crippen LogP contribution in [0.25, 0.3) is 0 Å². The average molecular weight is 429 g/mol. The molecule has 1 aliphatic heterocycles. The molecular weight excluding hydrogens is 400 g/mol. The number of para-hydroxylation sites is 2. The second kappa shape index (κ2) is 9.98. The number of carbonyl (C=O) groups is 2. The maximum absolute atomic E-state index is 12.8. The van der Waals surface area contributed by atoms with Crippen LogP contribution in [0.2, 0.25) is 5.02 Å². The number of nitrogens with one attached hydrogen (secondary N) is 1. The molecule has 0 aliphatic carbocycles. The third kappa shape index (κ3) is 5.99. The lowest BCUT2D eigenvalue weighted by Crippen LogP contribution is -2.41. The monoisotopic (exact) mass is 428 g/mol. The Kier molecular flexibility index (Phi) is 7.38. The summed E-state index contributed by atoms with van der Waals surface area (Å²) in [6, 6.07) is 12.9. The van der Waals surface area contributed by atoms with Crippen LogP contribution in [0, 0.1) is 18.8 Å². The molecular formula is C24H29ClN2O3. The number of ether oxygens (including phenoxy) is 1. The Morgan fingerprint density at radius 3 is 2.53 bits per heavy atom. The summed E-state index contributed by atoms with van der Waals surface area (Å²) in [5.41, 5.74) is 1.62. The van der Waals surface area contributed by atoms with E-state index in [1.807, 2.05) is 62.1 Å². The first-order valence-corrected chi connectivity index (χ1v) is 10.8. The molecule has 0 radical (unpaired) electrons. The molecule has 5 nitrogen and oxygen atoms in total. The number of rotatable bonds is 6. The molecule has 0 unspecified atom stereocenters. The zero-order chi connectivity index (χ0) is 21.7. The molecule has 1 saturated heterocycles. The van der Waals surface area contributed by atoms with E-state index < -0.39 is 0 Å². The standard InChI is InChI=1S/C24H29ClN2O3/c1-16(2)12-23(28)27-10-8-18(9-11-27)24(29)26-21-6-4-5-7-22(21)30-20-14-17(3)13-19(25)15-20/h4-7,13-16,18H,8-12H2,1-3H3,(H,26,29). The lowest BCUT2D eigenvalue weighted by molar-refractivity contribution is -0.135. The van der Waals surface area contributed by atoms with Gasteiger partial charge in [0, 0.05) is 30.5 Å². The molecule has 0 saturated carbocycles. The van der Waals surface area contributed by atoms with Crippen molar-refractivity contribution in [3.05, 3.63) is 53.1 Å². The van der Waals surface area contributed by atoms with Gasteiger partial charge in [-0.3, -0.25) is 9.59 Å². The number of piperidine rings is 1. The minimum Gasteiger partial charge on any atom is -0.455 e. The van der Waals surface area contributed by atoms with Crippen molar-refractivity contribution < 1.29 is 14.3 Å². The van der Waals surface area contributed by atoms with Gasteiger partial charge in [-0.05, 0) is 61.6 Å². The Balaban J connectivity index is 1.62. The quantitative estimate of drug-likeness (QED) is 0.645. The summed E-state index contributed by atoms with van der Waals surface area (Å²) in [7, 11) is 0. The first kappa shape index (κ1) is 22.2. The first-order valence-electron chi connectivity index (χ1n) is 10.4. The molecule has 1 fully saturated rings. The number of aryl methyl sites for hydroxylation is 1. The molecule has 1 heterocycles. The lowest BCUT2D eigenvalue weighted by atomic mass is 9.95. The van der Waals surface area contributed by atoms with Crippen molar-refractivity contribution in [2.45, 2.75) is 40.0 Å². The van der Waals surface area contributed by atoms with Gasteiger partial charge in [-0.25, -0.2) is 0 Å². The number of amides is 2. The van der Waals surface area contributed by atoms with Crippen molar-refractivity contribution >= 4 is 29.1 Å². The van der Waals surface area contributed by atoms with Crippen LogP contribution in [-0.2, 0) is 9.59 Å². The average Bonchev–Trinajstić information content (AvgIpc) is 2.68. The van der Waals surface area contributed by atoms with E-state index in [1.54, 1.807) is 6.07 Å². The van der Waals surface area contributed by atoms with Crippen LogP contribution < -0.4 is 10.1 Å². The van der Waals surface area contributed by atoms with Crippen molar-refractivity contribution in [2.24, 2.45) is 11.8 Å². The second-order valence-electron chi connectivity index (χ2n) is 8.30. The molecule has 0 bridgehead atoms. The van der Waals surface area contributed by atoms with Gasteiger partial charge in [-0.15, -0.1) is 0 Å². The largest absolute Gasteiger partial charge is 0.455 e. The molecule has 0 aromatic heterocycles. The minimum absolute atomic E-state index is 0.0377. The molecule has 2 amide bonds. The predicted octanol–water partition coefficient (Wildman–Crippen LogP) is 5.66. The molecule has 1 aliphatic rings. The predicted molar refractivity (Wildman–Crippen MR) is 120 cm³/mol. The number of hydrogen-bond acceptors (Lipinski definition) is 3. The van der Waals surface area contributed by atoms with Crippen molar-refractivity contribution in [1.29, 1.82) is 0 Å². The van der Waals surface area contributed by atoms with Crippen LogP contribution >= 0.6 is 11.6 Å². The highest BCUT2D eigenvalue weighted by Crippen LogP contribution is 2.32. The number of likely N-dealkylation sites (tertiary alicyclic amines) is 1. The maximum Gasteiger partial charge on any atom is 0.227 e. The fourth-order valence-electron chi connectivity index (χ4n) is 3.65. The molecule has 30 heavy (non-hydrogen) atoms. The minimum atomic E-state index is -0.116. The van der Waals surface area contributed by atoms with Crippen LogP contribution in [0.4, 0.5) is 5.69 Å².